The van der Waals surface area contributed by atoms with Gasteiger partial charge in [0.1, 0.15) is 11.5 Å². The fourth-order valence-electron chi connectivity index (χ4n) is 1.57. The van der Waals surface area contributed by atoms with E-state index in [4.69, 9.17) is 15.2 Å². The van der Waals surface area contributed by atoms with Gasteiger partial charge in [0.2, 0.25) is 0 Å². The van der Waals surface area contributed by atoms with Crippen LogP contribution in [-0.2, 0) is 6.42 Å². The standard InChI is InChI=1S/C12H19NO3/c1-15-11-4-3-9(12(8-11)16-2)7-10(14)5-6-13/h3-4,8,10,14H,5-7,13H2,1-2H3. The normalized spacial score (nSPS) is 12.2. The second-order valence-corrected chi connectivity index (χ2v) is 3.61. The molecule has 0 spiro atoms. The number of hydrogen-bond acceptors (Lipinski definition) is 4. The van der Waals surface area contributed by atoms with E-state index in [0.29, 0.717) is 19.4 Å². The van der Waals surface area contributed by atoms with Crippen LogP contribution in [0.15, 0.2) is 18.2 Å². The summed E-state index contributed by atoms with van der Waals surface area (Å²) in [5.41, 5.74) is 6.35. The van der Waals surface area contributed by atoms with Crippen molar-refractivity contribution < 1.29 is 14.6 Å². The molecule has 0 radical (unpaired) electrons. The van der Waals surface area contributed by atoms with E-state index < -0.39 is 6.10 Å². The summed E-state index contributed by atoms with van der Waals surface area (Å²) < 4.78 is 10.3. The highest BCUT2D eigenvalue weighted by Gasteiger charge is 2.10. The van der Waals surface area contributed by atoms with Gasteiger partial charge in [-0.05, 0) is 24.6 Å². The van der Waals surface area contributed by atoms with Crippen LogP contribution in [0.25, 0.3) is 0 Å². The summed E-state index contributed by atoms with van der Waals surface area (Å²) in [4.78, 5) is 0. The first-order valence-electron chi connectivity index (χ1n) is 5.30. The Morgan fingerprint density at radius 3 is 2.62 bits per heavy atom. The van der Waals surface area contributed by atoms with Gasteiger partial charge in [0, 0.05) is 12.5 Å². The molecule has 3 N–H and O–H groups in total. The monoisotopic (exact) mass is 225 g/mol. The first kappa shape index (κ1) is 12.8. The van der Waals surface area contributed by atoms with Crippen molar-refractivity contribution in [1.82, 2.24) is 0 Å². The van der Waals surface area contributed by atoms with Crippen LogP contribution in [0, 0.1) is 0 Å². The van der Waals surface area contributed by atoms with E-state index in [1.807, 2.05) is 18.2 Å². The van der Waals surface area contributed by atoms with Gasteiger partial charge < -0.3 is 20.3 Å². The van der Waals surface area contributed by atoms with Crippen LogP contribution in [0.3, 0.4) is 0 Å². The Hall–Kier alpha value is -1.26. The maximum absolute atomic E-state index is 9.68. The molecule has 1 aromatic carbocycles. The van der Waals surface area contributed by atoms with Gasteiger partial charge in [-0.3, -0.25) is 0 Å². The fourth-order valence-corrected chi connectivity index (χ4v) is 1.57. The number of aliphatic hydroxyl groups is 1. The van der Waals surface area contributed by atoms with Gasteiger partial charge in [-0.15, -0.1) is 0 Å². The van der Waals surface area contributed by atoms with Gasteiger partial charge in [0.25, 0.3) is 0 Å². The van der Waals surface area contributed by atoms with Crippen molar-refractivity contribution in [2.45, 2.75) is 18.9 Å². The molecule has 0 amide bonds. The highest BCUT2D eigenvalue weighted by molar-refractivity contribution is 5.41. The van der Waals surface area contributed by atoms with Crippen molar-refractivity contribution in [3.05, 3.63) is 23.8 Å². The zero-order chi connectivity index (χ0) is 12.0. The van der Waals surface area contributed by atoms with E-state index >= 15 is 0 Å². The Bertz CT molecular complexity index is 328. The van der Waals surface area contributed by atoms with Crippen molar-refractivity contribution in [3.8, 4) is 11.5 Å². The molecule has 0 aromatic heterocycles. The van der Waals surface area contributed by atoms with E-state index in [1.54, 1.807) is 14.2 Å². The lowest BCUT2D eigenvalue weighted by Crippen LogP contribution is -2.16. The zero-order valence-corrected chi connectivity index (χ0v) is 9.77. The minimum atomic E-state index is -0.424. The number of aliphatic hydroxyl groups excluding tert-OH is 1. The summed E-state index contributed by atoms with van der Waals surface area (Å²) in [5.74, 6) is 1.48. The summed E-state index contributed by atoms with van der Waals surface area (Å²) in [6.45, 7) is 0.486. The SMILES string of the molecule is COc1ccc(CC(O)CCN)c(OC)c1. The van der Waals surface area contributed by atoms with Crippen LogP contribution in [0.1, 0.15) is 12.0 Å². The maximum Gasteiger partial charge on any atom is 0.125 e. The van der Waals surface area contributed by atoms with Gasteiger partial charge in [-0.1, -0.05) is 6.07 Å². The van der Waals surface area contributed by atoms with E-state index in [9.17, 15) is 5.11 Å². The van der Waals surface area contributed by atoms with Crippen molar-refractivity contribution in [2.24, 2.45) is 5.73 Å². The third-order valence-electron chi connectivity index (χ3n) is 2.45. The Morgan fingerprint density at radius 1 is 1.31 bits per heavy atom. The lowest BCUT2D eigenvalue weighted by atomic mass is 10.0. The highest BCUT2D eigenvalue weighted by Crippen LogP contribution is 2.25. The molecule has 4 nitrogen and oxygen atoms in total. The van der Waals surface area contributed by atoms with E-state index in [-0.39, 0.29) is 0 Å². The second kappa shape index (κ2) is 6.35. The number of nitrogens with two attached hydrogens (primary N) is 1. The van der Waals surface area contributed by atoms with Crippen molar-refractivity contribution in [2.75, 3.05) is 20.8 Å². The molecule has 0 bridgehead atoms. The predicted molar refractivity (Wildman–Crippen MR) is 62.9 cm³/mol. The van der Waals surface area contributed by atoms with Crippen molar-refractivity contribution in [3.63, 3.8) is 0 Å². The third-order valence-corrected chi connectivity index (χ3v) is 2.45. The van der Waals surface area contributed by atoms with E-state index in [0.717, 1.165) is 17.1 Å². The topological polar surface area (TPSA) is 64.7 Å². The molecule has 16 heavy (non-hydrogen) atoms. The van der Waals surface area contributed by atoms with Crippen LogP contribution in [0.4, 0.5) is 0 Å². The molecule has 0 aliphatic rings. The Labute approximate surface area is 96.0 Å². The predicted octanol–water partition coefficient (Wildman–Crippen LogP) is 0.956. The molecular formula is C12H19NO3. The molecule has 1 aromatic rings. The van der Waals surface area contributed by atoms with Gasteiger partial charge in [-0.25, -0.2) is 0 Å². The molecule has 90 valence electrons. The van der Waals surface area contributed by atoms with Crippen molar-refractivity contribution in [1.29, 1.82) is 0 Å². The number of methoxy groups -OCH3 is 2. The molecule has 0 saturated carbocycles. The fraction of sp³-hybridized carbons (Fsp3) is 0.500. The first-order valence-corrected chi connectivity index (χ1v) is 5.30. The Balaban J connectivity index is 2.78. The molecule has 1 atom stereocenters. The van der Waals surface area contributed by atoms with Crippen LogP contribution >= 0.6 is 0 Å². The number of hydrogen-bond donors (Lipinski definition) is 2. The van der Waals surface area contributed by atoms with Crippen molar-refractivity contribution >= 4 is 0 Å². The Kier molecular flexibility index (Phi) is 5.08. The van der Waals surface area contributed by atoms with Gasteiger partial charge >= 0.3 is 0 Å². The molecule has 1 unspecified atom stereocenters. The lowest BCUT2D eigenvalue weighted by molar-refractivity contribution is 0.166. The molecule has 4 heteroatoms. The van der Waals surface area contributed by atoms with Crippen LogP contribution in [0.5, 0.6) is 11.5 Å². The maximum atomic E-state index is 9.68. The summed E-state index contributed by atoms with van der Waals surface area (Å²) in [6, 6.07) is 5.56. The summed E-state index contributed by atoms with van der Waals surface area (Å²) in [5, 5.41) is 9.68. The quantitative estimate of drug-likeness (QED) is 0.756. The number of benzene rings is 1. The molecule has 0 aliphatic carbocycles. The Morgan fingerprint density at radius 2 is 2.06 bits per heavy atom. The minimum absolute atomic E-state index is 0.424. The molecular weight excluding hydrogens is 206 g/mol. The van der Waals surface area contributed by atoms with Crippen LogP contribution in [0.2, 0.25) is 0 Å². The summed E-state index contributed by atoms with van der Waals surface area (Å²) >= 11 is 0. The third kappa shape index (κ3) is 3.40. The van der Waals surface area contributed by atoms with Gasteiger partial charge in [-0.2, -0.15) is 0 Å². The first-order chi connectivity index (χ1) is 7.71. The highest BCUT2D eigenvalue weighted by atomic mass is 16.5. The molecule has 0 fully saturated rings. The number of ether oxygens (including phenoxy) is 2. The average molecular weight is 225 g/mol. The average Bonchev–Trinajstić information content (AvgIpc) is 2.30. The summed E-state index contributed by atoms with van der Waals surface area (Å²) in [7, 11) is 3.21. The van der Waals surface area contributed by atoms with Gasteiger partial charge in [0.15, 0.2) is 0 Å². The zero-order valence-electron chi connectivity index (χ0n) is 9.77. The van der Waals surface area contributed by atoms with Gasteiger partial charge in [0.05, 0.1) is 20.3 Å². The van der Waals surface area contributed by atoms with Crippen LogP contribution in [-0.4, -0.2) is 32.0 Å². The second-order valence-electron chi connectivity index (χ2n) is 3.61. The smallest absolute Gasteiger partial charge is 0.125 e. The van der Waals surface area contributed by atoms with Crippen LogP contribution < -0.4 is 15.2 Å². The lowest BCUT2D eigenvalue weighted by Gasteiger charge is -2.13. The van der Waals surface area contributed by atoms with E-state index in [2.05, 4.69) is 0 Å². The molecule has 1 rings (SSSR count). The van der Waals surface area contributed by atoms with E-state index in [1.165, 1.54) is 0 Å². The number of rotatable bonds is 6. The molecule has 0 heterocycles. The molecule has 0 saturated heterocycles. The molecule has 0 aliphatic heterocycles. The summed E-state index contributed by atoms with van der Waals surface area (Å²) in [6.07, 6.45) is 0.715. The minimum Gasteiger partial charge on any atom is -0.497 e. The largest absolute Gasteiger partial charge is 0.497 e.